The molecule has 4 rings (SSSR count). The van der Waals surface area contributed by atoms with E-state index < -0.39 is 22.8 Å². The van der Waals surface area contributed by atoms with Crippen LogP contribution in [0.1, 0.15) is 55.7 Å². The molecular weight excluding hydrogens is 558 g/mol. The van der Waals surface area contributed by atoms with Crippen LogP contribution < -0.4 is 5.32 Å². The summed E-state index contributed by atoms with van der Waals surface area (Å²) in [6.07, 6.45) is 0.883. The molecule has 9 nitrogen and oxygen atoms in total. The van der Waals surface area contributed by atoms with Crippen LogP contribution in [-0.2, 0) is 19.1 Å². The molecule has 3 aromatic rings. The number of rotatable bonds is 13. The molecule has 0 aromatic heterocycles. The molecule has 44 heavy (non-hydrogen) atoms. The molecule has 0 fully saturated rings. The first kappa shape index (κ1) is 32.2. The van der Waals surface area contributed by atoms with Gasteiger partial charge in [-0.3, -0.25) is 10.1 Å². The standard InChI is InChI=1S/C35H39N3O6/c1-5-43-34(39)31-24(2)36-25(3)32(33(31)28-17-12-18-29(23-28)38(41)42)35(40)44-22-21-37(4)20-19-30(26-13-8-6-9-14-26)27-15-10-7-11-16-27/h6-18,23,30,33,36H,5,19-22H2,1-4H3. The lowest BCUT2D eigenvalue weighted by Crippen LogP contribution is -2.33. The van der Waals surface area contributed by atoms with Gasteiger partial charge in [-0.1, -0.05) is 72.8 Å². The lowest BCUT2D eigenvalue weighted by molar-refractivity contribution is -0.384. The van der Waals surface area contributed by atoms with Gasteiger partial charge in [-0.2, -0.15) is 0 Å². The van der Waals surface area contributed by atoms with Crippen LogP contribution in [0.4, 0.5) is 5.69 Å². The Kier molecular flexibility index (Phi) is 11.0. The Morgan fingerprint density at radius 1 is 0.864 bits per heavy atom. The van der Waals surface area contributed by atoms with E-state index in [1.54, 1.807) is 32.9 Å². The van der Waals surface area contributed by atoms with Crippen LogP contribution in [0.15, 0.2) is 107 Å². The van der Waals surface area contributed by atoms with Crippen molar-refractivity contribution in [1.82, 2.24) is 10.2 Å². The molecule has 1 atom stereocenters. The van der Waals surface area contributed by atoms with Gasteiger partial charge in [0.05, 0.1) is 28.6 Å². The molecule has 1 heterocycles. The molecule has 1 aliphatic heterocycles. The summed E-state index contributed by atoms with van der Waals surface area (Å²) in [6, 6.07) is 26.8. The number of hydrogen-bond donors (Lipinski definition) is 1. The van der Waals surface area contributed by atoms with E-state index in [4.69, 9.17) is 9.47 Å². The highest BCUT2D eigenvalue weighted by atomic mass is 16.6. The van der Waals surface area contributed by atoms with E-state index in [9.17, 15) is 19.7 Å². The number of carbonyl (C=O) groups excluding carboxylic acids is 2. The smallest absolute Gasteiger partial charge is 0.336 e. The average molecular weight is 598 g/mol. The van der Waals surface area contributed by atoms with Crippen molar-refractivity contribution in [2.45, 2.75) is 39.0 Å². The largest absolute Gasteiger partial charge is 0.463 e. The van der Waals surface area contributed by atoms with Crippen molar-refractivity contribution in [2.75, 3.05) is 33.4 Å². The minimum absolute atomic E-state index is 0.131. The molecule has 0 radical (unpaired) electrons. The van der Waals surface area contributed by atoms with Gasteiger partial charge >= 0.3 is 11.9 Å². The number of ether oxygens (including phenoxy) is 2. The van der Waals surface area contributed by atoms with E-state index >= 15 is 0 Å². The number of allylic oxidation sites excluding steroid dienone is 2. The first-order valence-electron chi connectivity index (χ1n) is 14.8. The van der Waals surface area contributed by atoms with Crippen LogP contribution in [0.5, 0.6) is 0 Å². The maximum absolute atomic E-state index is 13.6. The SMILES string of the molecule is CCOC(=O)C1=C(C)NC(C)=C(C(=O)OCCN(C)CCC(c2ccccc2)c2ccccc2)C1c1cccc([N+](=O)[O-])c1. The Bertz CT molecular complexity index is 1490. The molecule has 0 bridgehead atoms. The number of nitrogens with zero attached hydrogens (tertiary/aromatic N) is 2. The van der Waals surface area contributed by atoms with E-state index in [1.165, 1.54) is 23.3 Å². The molecule has 0 saturated carbocycles. The Morgan fingerprint density at radius 2 is 1.43 bits per heavy atom. The number of esters is 2. The molecule has 0 aliphatic carbocycles. The van der Waals surface area contributed by atoms with Gasteiger partial charge in [-0.05, 0) is 57.5 Å². The quantitative estimate of drug-likeness (QED) is 0.143. The molecule has 0 amide bonds. The maximum atomic E-state index is 13.6. The molecule has 1 aliphatic rings. The summed E-state index contributed by atoms with van der Waals surface area (Å²) < 4.78 is 11.1. The molecule has 1 N–H and O–H groups in total. The number of nitrogens with one attached hydrogen (secondary N) is 1. The van der Waals surface area contributed by atoms with Crippen LogP contribution in [0.3, 0.4) is 0 Å². The number of hydrogen-bond acceptors (Lipinski definition) is 8. The van der Waals surface area contributed by atoms with Crippen molar-refractivity contribution >= 4 is 17.6 Å². The van der Waals surface area contributed by atoms with Crippen molar-refractivity contribution in [1.29, 1.82) is 0 Å². The summed E-state index contributed by atoms with van der Waals surface area (Å²) in [4.78, 5) is 39.9. The van der Waals surface area contributed by atoms with E-state index in [0.717, 1.165) is 13.0 Å². The molecule has 0 spiro atoms. The second-order valence-electron chi connectivity index (χ2n) is 10.8. The minimum Gasteiger partial charge on any atom is -0.463 e. The third kappa shape index (κ3) is 7.79. The van der Waals surface area contributed by atoms with Gasteiger partial charge in [-0.15, -0.1) is 0 Å². The van der Waals surface area contributed by atoms with Crippen molar-refractivity contribution in [2.24, 2.45) is 0 Å². The van der Waals surface area contributed by atoms with Crippen LogP contribution >= 0.6 is 0 Å². The average Bonchev–Trinajstić information content (AvgIpc) is 3.02. The molecule has 0 saturated heterocycles. The number of dihydropyridines is 1. The third-order valence-electron chi connectivity index (χ3n) is 7.80. The molecule has 3 aromatic carbocycles. The molecule has 9 heteroatoms. The van der Waals surface area contributed by atoms with Gasteiger partial charge in [-0.25, -0.2) is 9.59 Å². The van der Waals surface area contributed by atoms with Gasteiger partial charge in [0, 0.05) is 36.0 Å². The highest BCUT2D eigenvalue weighted by Gasteiger charge is 2.38. The van der Waals surface area contributed by atoms with Crippen LogP contribution in [0.25, 0.3) is 0 Å². The van der Waals surface area contributed by atoms with Crippen molar-refractivity contribution in [3.63, 3.8) is 0 Å². The van der Waals surface area contributed by atoms with Gasteiger partial charge in [0.2, 0.25) is 0 Å². The Morgan fingerprint density at radius 3 is 1.98 bits per heavy atom. The fourth-order valence-corrected chi connectivity index (χ4v) is 5.62. The normalized spacial score (nSPS) is 14.9. The number of non-ortho nitro benzene ring substituents is 1. The second-order valence-corrected chi connectivity index (χ2v) is 10.8. The monoisotopic (exact) mass is 597 g/mol. The topological polar surface area (TPSA) is 111 Å². The zero-order valence-corrected chi connectivity index (χ0v) is 25.6. The Labute approximate surface area is 258 Å². The van der Waals surface area contributed by atoms with Crippen LogP contribution in [-0.4, -0.2) is 55.1 Å². The van der Waals surface area contributed by atoms with Gasteiger partial charge < -0.3 is 19.7 Å². The Hall–Kier alpha value is -4.76. The van der Waals surface area contributed by atoms with Crippen LogP contribution in [0.2, 0.25) is 0 Å². The van der Waals surface area contributed by atoms with Crippen molar-refractivity contribution in [3.8, 4) is 0 Å². The Balaban J connectivity index is 1.47. The van der Waals surface area contributed by atoms with Gasteiger partial charge in [0.15, 0.2) is 0 Å². The van der Waals surface area contributed by atoms with E-state index in [1.807, 2.05) is 19.2 Å². The minimum atomic E-state index is -0.891. The number of benzene rings is 3. The number of nitro groups is 1. The zero-order chi connectivity index (χ0) is 31.6. The highest BCUT2D eigenvalue weighted by molar-refractivity contribution is 6.00. The van der Waals surface area contributed by atoms with Gasteiger partial charge in [0.1, 0.15) is 6.61 Å². The zero-order valence-electron chi connectivity index (χ0n) is 25.6. The summed E-state index contributed by atoms with van der Waals surface area (Å²) in [7, 11) is 1.99. The molecular formula is C35H39N3O6. The predicted molar refractivity (Wildman–Crippen MR) is 169 cm³/mol. The summed E-state index contributed by atoms with van der Waals surface area (Å²) in [5, 5.41) is 14.7. The number of carbonyl (C=O) groups is 2. The van der Waals surface area contributed by atoms with Crippen LogP contribution in [0, 0.1) is 10.1 Å². The summed E-state index contributed by atoms with van der Waals surface area (Å²) >= 11 is 0. The first-order chi connectivity index (χ1) is 21.2. The fraction of sp³-hybridized carbons (Fsp3) is 0.314. The summed E-state index contributed by atoms with van der Waals surface area (Å²) in [5.41, 5.74) is 4.25. The van der Waals surface area contributed by atoms with Gasteiger partial charge in [0.25, 0.3) is 5.69 Å². The second kappa shape index (κ2) is 15.1. The molecule has 230 valence electrons. The highest BCUT2D eigenvalue weighted by Crippen LogP contribution is 2.40. The lowest BCUT2D eigenvalue weighted by Gasteiger charge is -2.30. The maximum Gasteiger partial charge on any atom is 0.336 e. The predicted octanol–water partition coefficient (Wildman–Crippen LogP) is 6.09. The van der Waals surface area contributed by atoms with E-state index in [2.05, 4.69) is 58.7 Å². The van der Waals surface area contributed by atoms with Crippen molar-refractivity contribution in [3.05, 3.63) is 134 Å². The van der Waals surface area contributed by atoms with E-state index in [0.29, 0.717) is 23.5 Å². The first-order valence-corrected chi connectivity index (χ1v) is 14.8. The summed E-state index contributed by atoms with van der Waals surface area (Å²) in [5.74, 6) is -1.85. The summed E-state index contributed by atoms with van der Waals surface area (Å²) in [6.45, 7) is 6.69. The van der Waals surface area contributed by atoms with E-state index in [-0.39, 0.29) is 36.0 Å². The fourth-order valence-electron chi connectivity index (χ4n) is 5.62. The lowest BCUT2D eigenvalue weighted by atomic mass is 9.80. The third-order valence-corrected chi connectivity index (χ3v) is 7.80. The molecule has 1 unspecified atom stereocenters. The van der Waals surface area contributed by atoms with Crippen molar-refractivity contribution < 1.29 is 24.0 Å². The number of likely N-dealkylation sites (N-methyl/N-ethyl adjacent to an activating group) is 1. The number of nitro benzene ring substituents is 1.